The number of aromatic carboxylic acids is 1. The molecule has 0 radical (unpaired) electrons. The van der Waals surface area contributed by atoms with Crippen LogP contribution in [0.3, 0.4) is 0 Å². The summed E-state index contributed by atoms with van der Waals surface area (Å²) in [6, 6.07) is 0. The number of carbonyl (C=O) groups is 1. The Morgan fingerprint density at radius 2 is 2.24 bits per heavy atom. The highest BCUT2D eigenvalue weighted by atomic mass is 32.1. The van der Waals surface area contributed by atoms with Crippen LogP contribution in [0.15, 0.2) is 0 Å². The first kappa shape index (κ1) is 13.0. The molecule has 0 aliphatic heterocycles. The summed E-state index contributed by atoms with van der Waals surface area (Å²) in [7, 11) is 0. The first-order chi connectivity index (χ1) is 7.94. The standard InChI is InChI=1S/C13H18O2S2/c1-13(2)5-3-9-8(7-13)11(12(14)15)10(17-9)4-6-16/h16H,3-7H2,1-2H3,(H,14,15). The van der Waals surface area contributed by atoms with Crippen molar-refractivity contribution in [3.63, 3.8) is 0 Å². The van der Waals surface area contributed by atoms with E-state index in [-0.39, 0.29) is 5.41 Å². The Bertz CT molecular complexity index is 447. The normalized spacial score (nSPS) is 17.8. The Labute approximate surface area is 111 Å². The fourth-order valence-corrected chi connectivity index (χ4v) is 4.19. The zero-order valence-corrected chi connectivity index (χ0v) is 12.0. The second kappa shape index (κ2) is 4.65. The van der Waals surface area contributed by atoms with Crippen LogP contribution < -0.4 is 0 Å². The predicted molar refractivity (Wildman–Crippen MR) is 74.6 cm³/mol. The molecule has 0 amide bonds. The van der Waals surface area contributed by atoms with E-state index in [9.17, 15) is 9.90 Å². The molecule has 0 atom stereocenters. The highest BCUT2D eigenvalue weighted by molar-refractivity contribution is 7.80. The maximum atomic E-state index is 11.4. The maximum Gasteiger partial charge on any atom is 0.337 e. The van der Waals surface area contributed by atoms with Crippen molar-refractivity contribution in [2.24, 2.45) is 5.41 Å². The van der Waals surface area contributed by atoms with Gasteiger partial charge in [0.25, 0.3) is 0 Å². The average molecular weight is 270 g/mol. The second-order valence-electron chi connectivity index (χ2n) is 5.42. The largest absolute Gasteiger partial charge is 0.478 e. The first-order valence-corrected chi connectivity index (χ1v) is 7.37. The zero-order chi connectivity index (χ0) is 12.6. The number of aryl methyl sites for hydroxylation is 2. The third-order valence-electron chi connectivity index (χ3n) is 3.40. The van der Waals surface area contributed by atoms with Crippen molar-refractivity contribution < 1.29 is 9.90 Å². The number of rotatable bonds is 3. The minimum atomic E-state index is -0.767. The third-order valence-corrected chi connectivity index (χ3v) is 4.98. The van der Waals surface area contributed by atoms with Gasteiger partial charge in [-0.3, -0.25) is 0 Å². The number of carboxylic acid groups (broad SMARTS) is 1. The Balaban J connectivity index is 2.47. The lowest BCUT2D eigenvalue weighted by molar-refractivity contribution is 0.0694. The molecule has 17 heavy (non-hydrogen) atoms. The molecule has 2 rings (SSSR count). The molecule has 94 valence electrons. The molecule has 0 fully saturated rings. The van der Waals surface area contributed by atoms with Gasteiger partial charge in [-0.2, -0.15) is 12.6 Å². The lowest BCUT2D eigenvalue weighted by Crippen LogP contribution is -2.22. The molecule has 0 saturated carbocycles. The van der Waals surface area contributed by atoms with Crippen LogP contribution in [0, 0.1) is 5.41 Å². The van der Waals surface area contributed by atoms with Gasteiger partial charge in [0, 0.05) is 9.75 Å². The van der Waals surface area contributed by atoms with Crippen molar-refractivity contribution in [2.75, 3.05) is 5.75 Å². The summed E-state index contributed by atoms with van der Waals surface area (Å²) in [4.78, 5) is 13.7. The topological polar surface area (TPSA) is 37.3 Å². The van der Waals surface area contributed by atoms with E-state index in [1.54, 1.807) is 11.3 Å². The molecule has 0 aromatic carbocycles. The van der Waals surface area contributed by atoms with Gasteiger partial charge in [-0.25, -0.2) is 4.79 Å². The van der Waals surface area contributed by atoms with Crippen molar-refractivity contribution in [2.45, 2.75) is 39.5 Å². The van der Waals surface area contributed by atoms with E-state index in [4.69, 9.17) is 0 Å². The number of hydrogen-bond donors (Lipinski definition) is 2. The molecule has 2 nitrogen and oxygen atoms in total. The first-order valence-electron chi connectivity index (χ1n) is 5.92. The van der Waals surface area contributed by atoms with E-state index < -0.39 is 5.97 Å². The van der Waals surface area contributed by atoms with Gasteiger partial charge in [0.1, 0.15) is 0 Å². The van der Waals surface area contributed by atoms with E-state index in [0.717, 1.165) is 36.1 Å². The van der Waals surface area contributed by atoms with Crippen LogP contribution in [-0.2, 0) is 19.3 Å². The quantitative estimate of drug-likeness (QED) is 0.826. The van der Waals surface area contributed by atoms with E-state index in [1.165, 1.54) is 4.88 Å². The monoisotopic (exact) mass is 270 g/mol. The van der Waals surface area contributed by atoms with E-state index in [2.05, 4.69) is 26.5 Å². The van der Waals surface area contributed by atoms with E-state index in [0.29, 0.717) is 11.3 Å². The molecule has 1 aromatic rings. The van der Waals surface area contributed by atoms with Gasteiger partial charge in [0.2, 0.25) is 0 Å². The van der Waals surface area contributed by atoms with Crippen molar-refractivity contribution in [1.82, 2.24) is 0 Å². The van der Waals surface area contributed by atoms with Gasteiger partial charge in [-0.05, 0) is 42.4 Å². The summed E-state index contributed by atoms with van der Waals surface area (Å²) >= 11 is 5.90. The van der Waals surface area contributed by atoms with Gasteiger partial charge in [-0.1, -0.05) is 13.8 Å². The lowest BCUT2D eigenvalue weighted by atomic mass is 9.76. The minimum absolute atomic E-state index is 0.233. The van der Waals surface area contributed by atoms with Crippen LogP contribution in [0.1, 0.15) is 45.9 Å². The van der Waals surface area contributed by atoms with Crippen molar-refractivity contribution in [3.8, 4) is 0 Å². The molecule has 1 aliphatic carbocycles. The highest BCUT2D eigenvalue weighted by Crippen LogP contribution is 2.41. The van der Waals surface area contributed by atoms with Crippen molar-refractivity contribution in [1.29, 1.82) is 0 Å². The summed E-state index contributed by atoms with van der Waals surface area (Å²) in [5, 5.41) is 9.39. The number of carboxylic acids is 1. The number of fused-ring (bicyclic) bond motifs is 1. The number of thiophene rings is 1. The lowest BCUT2D eigenvalue weighted by Gasteiger charge is -2.29. The van der Waals surface area contributed by atoms with Crippen LogP contribution in [0.4, 0.5) is 0 Å². The van der Waals surface area contributed by atoms with E-state index in [1.807, 2.05) is 0 Å². The van der Waals surface area contributed by atoms with Gasteiger partial charge in [0.05, 0.1) is 5.56 Å². The van der Waals surface area contributed by atoms with Crippen LogP contribution in [-0.4, -0.2) is 16.8 Å². The molecule has 0 saturated heterocycles. The fraction of sp³-hybridized carbons (Fsp3) is 0.615. The number of hydrogen-bond acceptors (Lipinski definition) is 3. The SMILES string of the molecule is CC1(C)CCc2sc(CCS)c(C(=O)O)c2C1. The predicted octanol–water partition coefficient (Wildman–Crippen LogP) is 3.43. The molecule has 0 unspecified atom stereocenters. The third kappa shape index (κ3) is 2.52. The van der Waals surface area contributed by atoms with Gasteiger partial charge in [0.15, 0.2) is 0 Å². The van der Waals surface area contributed by atoms with Crippen LogP contribution in [0.5, 0.6) is 0 Å². The van der Waals surface area contributed by atoms with Crippen molar-refractivity contribution >= 4 is 29.9 Å². The van der Waals surface area contributed by atoms with Gasteiger partial charge < -0.3 is 5.11 Å². The molecule has 4 heteroatoms. The van der Waals surface area contributed by atoms with Gasteiger partial charge >= 0.3 is 5.97 Å². The summed E-state index contributed by atoms with van der Waals surface area (Å²) in [5.41, 5.74) is 1.90. The minimum Gasteiger partial charge on any atom is -0.478 e. The molecular weight excluding hydrogens is 252 g/mol. The summed E-state index contributed by atoms with van der Waals surface area (Å²) in [5.74, 6) is -0.0553. The summed E-state index contributed by atoms with van der Waals surface area (Å²) < 4.78 is 0. The maximum absolute atomic E-state index is 11.4. The molecule has 0 spiro atoms. The van der Waals surface area contributed by atoms with Crippen LogP contribution in [0.25, 0.3) is 0 Å². The smallest absolute Gasteiger partial charge is 0.337 e. The fourth-order valence-electron chi connectivity index (χ4n) is 2.50. The van der Waals surface area contributed by atoms with Crippen molar-refractivity contribution in [3.05, 3.63) is 20.9 Å². The Kier molecular flexibility index (Phi) is 3.55. The molecular formula is C13H18O2S2. The molecule has 1 aromatic heterocycles. The Morgan fingerprint density at radius 3 is 2.82 bits per heavy atom. The summed E-state index contributed by atoms with van der Waals surface area (Å²) in [6.45, 7) is 4.44. The highest BCUT2D eigenvalue weighted by Gasteiger charge is 2.32. The molecule has 1 heterocycles. The Hall–Kier alpha value is -0.480. The second-order valence-corrected chi connectivity index (χ2v) is 7.06. The molecule has 1 N–H and O–H groups in total. The Morgan fingerprint density at radius 1 is 1.53 bits per heavy atom. The van der Waals surface area contributed by atoms with E-state index >= 15 is 0 Å². The van der Waals surface area contributed by atoms with Crippen LogP contribution >= 0.6 is 24.0 Å². The summed E-state index contributed by atoms with van der Waals surface area (Å²) in [6.07, 6.45) is 3.84. The number of thiol groups is 1. The van der Waals surface area contributed by atoms with Crippen LogP contribution in [0.2, 0.25) is 0 Å². The zero-order valence-electron chi connectivity index (χ0n) is 10.2. The molecule has 1 aliphatic rings. The molecule has 0 bridgehead atoms. The average Bonchev–Trinajstić information content (AvgIpc) is 2.54. The van der Waals surface area contributed by atoms with Gasteiger partial charge in [-0.15, -0.1) is 11.3 Å².